The molecule has 0 aromatic heterocycles. The minimum absolute atomic E-state index is 0.169. The average Bonchev–Trinajstić information content (AvgIpc) is 2.78. The van der Waals surface area contributed by atoms with Gasteiger partial charge >= 0.3 is 7.12 Å². The molecule has 0 radical (unpaired) electrons. The van der Waals surface area contributed by atoms with Crippen LogP contribution in [0.4, 0.5) is 4.39 Å². The van der Waals surface area contributed by atoms with Crippen LogP contribution in [0.3, 0.4) is 0 Å². The zero-order valence-corrected chi connectivity index (χ0v) is 17.7. The number of hydrogen-bond acceptors (Lipinski definition) is 4. The second-order valence-electron chi connectivity index (χ2n) is 9.42. The molecule has 3 rings (SSSR count). The molecule has 2 heterocycles. The van der Waals surface area contributed by atoms with Crippen LogP contribution in [-0.2, 0) is 15.9 Å². The van der Waals surface area contributed by atoms with Crippen LogP contribution in [0.5, 0.6) is 0 Å². The van der Waals surface area contributed by atoms with Gasteiger partial charge in [0.15, 0.2) is 0 Å². The molecule has 0 atom stereocenters. The van der Waals surface area contributed by atoms with Gasteiger partial charge in [0.2, 0.25) is 0 Å². The van der Waals surface area contributed by atoms with Crippen LogP contribution >= 0.6 is 0 Å². The predicted octanol–water partition coefficient (Wildman–Crippen LogP) is 2.90. The van der Waals surface area contributed by atoms with Gasteiger partial charge in [-0.05, 0) is 85.2 Å². The van der Waals surface area contributed by atoms with Crippen LogP contribution in [0.25, 0.3) is 0 Å². The molecule has 150 valence electrons. The Bertz CT molecular complexity index is 642. The van der Waals surface area contributed by atoms with E-state index in [2.05, 4.69) is 23.9 Å². The highest BCUT2D eigenvalue weighted by molar-refractivity contribution is 6.62. The number of piperidine rings is 1. The maximum absolute atomic E-state index is 14.7. The monoisotopic (exact) mass is 376 g/mol. The van der Waals surface area contributed by atoms with E-state index in [-0.39, 0.29) is 5.82 Å². The summed E-state index contributed by atoms with van der Waals surface area (Å²) in [5, 5.41) is 0. The van der Waals surface area contributed by atoms with Gasteiger partial charge in [-0.15, -0.1) is 0 Å². The van der Waals surface area contributed by atoms with Crippen molar-refractivity contribution in [1.82, 2.24) is 9.80 Å². The molecule has 1 aromatic carbocycles. The fraction of sp³-hybridized carbons (Fsp3) is 0.714. The summed E-state index contributed by atoms with van der Waals surface area (Å²) in [6, 6.07) is 5.41. The minimum Gasteiger partial charge on any atom is -0.399 e. The number of likely N-dealkylation sites (tertiary alicyclic amines) is 1. The molecule has 1 aromatic rings. The summed E-state index contributed by atoms with van der Waals surface area (Å²) in [7, 11) is 3.74. The first-order valence-electron chi connectivity index (χ1n) is 10.1. The van der Waals surface area contributed by atoms with Gasteiger partial charge in [-0.2, -0.15) is 0 Å². The number of benzene rings is 1. The molecule has 4 nitrogen and oxygen atoms in total. The SMILES string of the molecule is CN(C)CC1CCN(Cc2ccc(B3OC(C)(C)C(C)(C)O3)cc2F)CC1. The van der Waals surface area contributed by atoms with E-state index in [1.54, 1.807) is 6.07 Å². The molecule has 0 spiro atoms. The summed E-state index contributed by atoms with van der Waals surface area (Å²) in [5.74, 6) is 0.587. The van der Waals surface area contributed by atoms with Crippen LogP contribution in [0.2, 0.25) is 0 Å². The molecular weight excluding hydrogens is 342 g/mol. The predicted molar refractivity (Wildman–Crippen MR) is 109 cm³/mol. The third-order valence-electron chi connectivity index (χ3n) is 6.33. The zero-order valence-electron chi connectivity index (χ0n) is 17.7. The molecule has 2 aliphatic rings. The fourth-order valence-corrected chi connectivity index (χ4v) is 3.90. The third-order valence-corrected chi connectivity index (χ3v) is 6.33. The lowest BCUT2D eigenvalue weighted by Crippen LogP contribution is -2.41. The lowest BCUT2D eigenvalue weighted by molar-refractivity contribution is 0.00578. The summed E-state index contributed by atoms with van der Waals surface area (Å²) in [6.07, 6.45) is 2.37. The molecule has 0 bridgehead atoms. The highest BCUT2D eigenvalue weighted by atomic mass is 19.1. The van der Waals surface area contributed by atoms with Gasteiger partial charge in [-0.3, -0.25) is 4.90 Å². The first-order chi connectivity index (χ1) is 12.6. The van der Waals surface area contributed by atoms with E-state index in [4.69, 9.17) is 9.31 Å². The van der Waals surface area contributed by atoms with Crippen molar-refractivity contribution in [3.63, 3.8) is 0 Å². The smallest absolute Gasteiger partial charge is 0.399 e. The molecule has 2 aliphatic heterocycles. The van der Waals surface area contributed by atoms with Crippen LogP contribution < -0.4 is 5.46 Å². The van der Waals surface area contributed by atoms with Crippen molar-refractivity contribution >= 4 is 12.6 Å². The van der Waals surface area contributed by atoms with Crippen LogP contribution in [-0.4, -0.2) is 61.8 Å². The van der Waals surface area contributed by atoms with Gasteiger partial charge in [-0.1, -0.05) is 12.1 Å². The highest BCUT2D eigenvalue weighted by Crippen LogP contribution is 2.36. The summed E-state index contributed by atoms with van der Waals surface area (Å²) < 4.78 is 26.8. The standard InChI is InChI=1S/C21H34BFN2O2/c1-20(2)21(3,4)27-22(26-20)18-8-7-17(19(23)13-18)15-25-11-9-16(10-12-25)14-24(5)6/h7-8,13,16H,9-12,14-15H2,1-6H3. The number of nitrogens with zero attached hydrogens (tertiary/aromatic N) is 2. The molecule has 0 N–H and O–H groups in total. The molecule has 6 heteroatoms. The minimum atomic E-state index is -0.514. The Morgan fingerprint density at radius 2 is 1.70 bits per heavy atom. The molecule has 2 saturated heterocycles. The Labute approximate surface area is 164 Å². The molecule has 0 amide bonds. The van der Waals surface area contributed by atoms with Crippen molar-refractivity contribution in [2.45, 2.75) is 58.3 Å². The van der Waals surface area contributed by atoms with Crippen molar-refractivity contribution in [1.29, 1.82) is 0 Å². The Morgan fingerprint density at radius 1 is 1.11 bits per heavy atom. The second-order valence-corrected chi connectivity index (χ2v) is 9.42. The highest BCUT2D eigenvalue weighted by Gasteiger charge is 2.51. The second kappa shape index (κ2) is 7.82. The third kappa shape index (κ3) is 4.73. The summed E-state index contributed by atoms with van der Waals surface area (Å²) >= 11 is 0. The van der Waals surface area contributed by atoms with Gasteiger partial charge in [-0.25, -0.2) is 4.39 Å². The van der Waals surface area contributed by atoms with Crippen LogP contribution in [0.1, 0.15) is 46.1 Å². The zero-order chi connectivity index (χ0) is 19.8. The van der Waals surface area contributed by atoms with E-state index in [1.807, 2.05) is 39.8 Å². The maximum Gasteiger partial charge on any atom is 0.494 e. The van der Waals surface area contributed by atoms with E-state index in [9.17, 15) is 4.39 Å². The Balaban J connectivity index is 1.60. The van der Waals surface area contributed by atoms with Crippen molar-refractivity contribution in [3.8, 4) is 0 Å². The fourth-order valence-electron chi connectivity index (χ4n) is 3.90. The van der Waals surface area contributed by atoms with E-state index in [1.165, 1.54) is 12.8 Å². The number of rotatable bonds is 5. The summed E-state index contributed by atoms with van der Waals surface area (Å²) in [5.41, 5.74) is 0.675. The molecule has 0 saturated carbocycles. The molecule has 0 unspecified atom stereocenters. The van der Waals surface area contributed by atoms with E-state index < -0.39 is 18.3 Å². The molecule has 27 heavy (non-hydrogen) atoms. The molecule has 2 fully saturated rings. The first kappa shape index (κ1) is 20.8. The van der Waals surface area contributed by atoms with Crippen molar-refractivity contribution < 1.29 is 13.7 Å². The van der Waals surface area contributed by atoms with Crippen molar-refractivity contribution in [2.24, 2.45) is 5.92 Å². The number of halogens is 1. The summed E-state index contributed by atoms with van der Waals surface area (Å²) in [4.78, 5) is 4.62. The van der Waals surface area contributed by atoms with Gasteiger partial charge < -0.3 is 14.2 Å². The largest absolute Gasteiger partial charge is 0.494 e. The summed E-state index contributed by atoms with van der Waals surface area (Å²) in [6.45, 7) is 11.9. The Morgan fingerprint density at radius 3 is 2.22 bits per heavy atom. The topological polar surface area (TPSA) is 24.9 Å². The molecular formula is C21H34BFN2O2. The van der Waals surface area contributed by atoms with Gasteiger partial charge in [0.1, 0.15) is 5.82 Å². The first-order valence-corrected chi connectivity index (χ1v) is 10.1. The van der Waals surface area contributed by atoms with Gasteiger partial charge in [0.05, 0.1) is 11.2 Å². The van der Waals surface area contributed by atoms with Crippen LogP contribution in [0, 0.1) is 11.7 Å². The average molecular weight is 376 g/mol. The quantitative estimate of drug-likeness (QED) is 0.738. The van der Waals surface area contributed by atoms with Gasteiger partial charge in [0, 0.05) is 18.7 Å². The molecule has 0 aliphatic carbocycles. The lowest BCUT2D eigenvalue weighted by atomic mass is 9.78. The normalized spacial score (nSPS) is 23.3. The van der Waals surface area contributed by atoms with E-state index >= 15 is 0 Å². The van der Waals surface area contributed by atoms with Crippen molar-refractivity contribution in [2.75, 3.05) is 33.7 Å². The van der Waals surface area contributed by atoms with E-state index in [0.717, 1.165) is 36.6 Å². The van der Waals surface area contributed by atoms with Crippen LogP contribution in [0.15, 0.2) is 18.2 Å². The van der Waals surface area contributed by atoms with E-state index in [0.29, 0.717) is 6.54 Å². The lowest BCUT2D eigenvalue weighted by Gasteiger charge is -2.33. The Hall–Kier alpha value is -0.945. The number of hydrogen-bond donors (Lipinski definition) is 0. The van der Waals surface area contributed by atoms with Crippen molar-refractivity contribution in [3.05, 3.63) is 29.6 Å². The van der Waals surface area contributed by atoms with Gasteiger partial charge in [0.25, 0.3) is 0 Å². The Kier molecular flexibility index (Phi) is 6.02. The maximum atomic E-state index is 14.7.